The molecular formula is C27H42N4O8S3. The van der Waals surface area contributed by atoms with Crippen molar-refractivity contribution in [1.82, 2.24) is 16.0 Å². The normalized spacial score (nSPS) is 13.5. The number of amides is 3. The van der Waals surface area contributed by atoms with E-state index in [1.165, 1.54) is 23.5 Å². The van der Waals surface area contributed by atoms with E-state index in [1.54, 1.807) is 0 Å². The van der Waals surface area contributed by atoms with Crippen LogP contribution in [0.3, 0.4) is 0 Å². The minimum atomic E-state index is -2.42. The van der Waals surface area contributed by atoms with Crippen LogP contribution in [0, 0.1) is 5.92 Å². The largest absolute Gasteiger partial charge is 0.480 e. The van der Waals surface area contributed by atoms with Gasteiger partial charge in [0.05, 0.1) is 6.04 Å². The van der Waals surface area contributed by atoms with E-state index in [0.29, 0.717) is 30.7 Å². The number of hydrogen-bond donors (Lipinski definition) is 5. The van der Waals surface area contributed by atoms with Gasteiger partial charge in [0.2, 0.25) is 29.0 Å². The Kier molecular flexibility index (Phi) is 21.3. The van der Waals surface area contributed by atoms with Crippen molar-refractivity contribution in [3.8, 4) is 0 Å². The summed E-state index contributed by atoms with van der Waals surface area (Å²) in [5.74, 6) is -0.0369. The van der Waals surface area contributed by atoms with E-state index in [-0.39, 0.29) is 25.2 Å². The number of carboxylic acids is 1. The minimum Gasteiger partial charge on any atom is -0.480 e. The molecule has 0 aliphatic heterocycles. The topological polar surface area (TPSA) is 202 Å². The Morgan fingerprint density at radius 2 is 1.38 bits per heavy atom. The van der Waals surface area contributed by atoms with E-state index in [9.17, 15) is 38.1 Å². The maximum absolute atomic E-state index is 12.1. The average molecular weight is 647 g/mol. The predicted molar refractivity (Wildman–Crippen MR) is 167 cm³/mol. The molecule has 0 unspecified atom stereocenters. The van der Waals surface area contributed by atoms with Crippen molar-refractivity contribution < 1.29 is 38.1 Å². The molecule has 4 atom stereocenters. The zero-order valence-electron chi connectivity index (χ0n) is 24.3. The fourth-order valence-corrected chi connectivity index (χ4v) is 5.50. The third-order valence-corrected chi connectivity index (χ3v) is 8.24. The summed E-state index contributed by atoms with van der Waals surface area (Å²) in [7, 11) is -2.42. The van der Waals surface area contributed by atoms with Crippen LogP contribution in [0.5, 0.6) is 0 Å². The summed E-state index contributed by atoms with van der Waals surface area (Å²) in [5, 5.41) is 14.6. The van der Waals surface area contributed by atoms with E-state index >= 15 is 0 Å². The first-order chi connectivity index (χ1) is 19.9. The van der Waals surface area contributed by atoms with Crippen molar-refractivity contribution >= 4 is 69.3 Å². The van der Waals surface area contributed by atoms with Gasteiger partial charge in [-0.3, -0.25) is 24.0 Å². The summed E-state index contributed by atoms with van der Waals surface area (Å²) in [6, 6.07) is 5.62. The zero-order chi connectivity index (χ0) is 32.1. The van der Waals surface area contributed by atoms with Crippen molar-refractivity contribution in [1.29, 1.82) is 0 Å². The number of carbonyl (C=O) groups excluding carboxylic acids is 5. The first kappa shape index (κ1) is 39.2. The molecular weight excluding hydrogens is 605 g/mol. The van der Waals surface area contributed by atoms with Crippen LogP contribution in [0.2, 0.25) is 0 Å². The second kappa shape index (κ2) is 22.8. The molecule has 1 aromatic rings. The van der Waals surface area contributed by atoms with Crippen LogP contribution in [0.15, 0.2) is 30.3 Å². The third-order valence-electron chi connectivity index (χ3n) is 5.65. The summed E-state index contributed by atoms with van der Waals surface area (Å²) >= 11 is 2.93. The summed E-state index contributed by atoms with van der Waals surface area (Å²) in [4.78, 5) is 68.4. The van der Waals surface area contributed by atoms with Gasteiger partial charge in [0.1, 0.15) is 18.1 Å². The molecule has 3 amide bonds. The van der Waals surface area contributed by atoms with Gasteiger partial charge in [-0.25, -0.2) is 9.00 Å². The van der Waals surface area contributed by atoms with Crippen LogP contribution in [-0.4, -0.2) is 92.4 Å². The van der Waals surface area contributed by atoms with Crippen molar-refractivity contribution in [3.05, 3.63) is 35.9 Å². The second-order valence-corrected chi connectivity index (χ2v) is 12.8. The summed E-state index contributed by atoms with van der Waals surface area (Å²) in [6.07, 6.45) is 5.70. The van der Waals surface area contributed by atoms with E-state index in [4.69, 9.17) is 5.73 Å². The number of carboxylic acid groups (broad SMARTS) is 1. The molecule has 0 radical (unpaired) electrons. The van der Waals surface area contributed by atoms with Gasteiger partial charge in [0.15, 0.2) is 10.8 Å². The number of benzene rings is 1. The maximum atomic E-state index is 12.1. The SMILES string of the molecule is CC(C)C[C@H](N)C(=O)N[C@@H](Cc1ccccc1)C(=O)O.CSCC[C@H](NC=O)C(=O)S(=O)C(=O)[C@H](CCSC)NC=O. The van der Waals surface area contributed by atoms with Crippen molar-refractivity contribution in [2.45, 2.75) is 63.7 Å². The first-order valence-electron chi connectivity index (χ1n) is 13.1. The fraction of sp³-hybridized carbons (Fsp3) is 0.556. The maximum Gasteiger partial charge on any atom is 0.326 e. The van der Waals surface area contributed by atoms with Gasteiger partial charge < -0.3 is 26.8 Å². The fourth-order valence-electron chi connectivity index (χ4n) is 3.48. The van der Waals surface area contributed by atoms with Crippen LogP contribution in [0.25, 0.3) is 0 Å². The van der Waals surface area contributed by atoms with Crippen LogP contribution in [-0.2, 0) is 46.0 Å². The molecule has 0 heterocycles. The Morgan fingerprint density at radius 1 is 0.905 bits per heavy atom. The van der Waals surface area contributed by atoms with Gasteiger partial charge in [-0.05, 0) is 54.8 Å². The van der Waals surface area contributed by atoms with Crippen molar-refractivity contribution in [2.24, 2.45) is 11.7 Å². The number of thioether (sulfide) groups is 2. The number of aliphatic carboxylic acids is 1. The Labute approximate surface area is 257 Å². The molecule has 12 nitrogen and oxygen atoms in total. The van der Waals surface area contributed by atoms with Crippen molar-refractivity contribution in [3.63, 3.8) is 0 Å². The lowest BCUT2D eigenvalue weighted by molar-refractivity contribution is -0.142. The molecule has 15 heteroatoms. The molecule has 0 aliphatic rings. The molecule has 0 saturated carbocycles. The number of nitrogens with two attached hydrogens (primary N) is 1. The second-order valence-electron chi connectivity index (χ2n) is 9.47. The van der Waals surface area contributed by atoms with Crippen LogP contribution >= 0.6 is 23.5 Å². The first-order valence-corrected chi connectivity index (χ1v) is 17.1. The van der Waals surface area contributed by atoms with Gasteiger partial charge in [-0.2, -0.15) is 23.5 Å². The van der Waals surface area contributed by atoms with Gasteiger partial charge in [-0.1, -0.05) is 44.2 Å². The van der Waals surface area contributed by atoms with E-state index in [2.05, 4.69) is 16.0 Å². The number of carbonyl (C=O) groups is 6. The molecule has 0 aromatic heterocycles. The van der Waals surface area contributed by atoms with E-state index in [0.717, 1.165) is 5.56 Å². The van der Waals surface area contributed by atoms with Gasteiger partial charge in [-0.15, -0.1) is 0 Å². The van der Waals surface area contributed by atoms with E-state index < -0.39 is 57.1 Å². The smallest absolute Gasteiger partial charge is 0.326 e. The highest BCUT2D eigenvalue weighted by Crippen LogP contribution is 2.09. The molecule has 6 N–H and O–H groups in total. The molecule has 1 aromatic carbocycles. The summed E-state index contributed by atoms with van der Waals surface area (Å²) < 4.78 is 12.1. The van der Waals surface area contributed by atoms with Crippen LogP contribution < -0.4 is 21.7 Å². The Balaban J connectivity index is 0.000000803. The molecule has 42 heavy (non-hydrogen) atoms. The van der Waals surface area contributed by atoms with Gasteiger partial charge in [0.25, 0.3) is 0 Å². The lowest BCUT2D eigenvalue weighted by atomic mass is 10.0. The number of nitrogens with one attached hydrogen (secondary N) is 3. The number of hydrogen-bond acceptors (Lipinski definition) is 10. The molecule has 0 spiro atoms. The molecule has 0 bridgehead atoms. The molecule has 0 fully saturated rings. The van der Waals surface area contributed by atoms with E-state index in [1.807, 2.05) is 56.7 Å². The Bertz CT molecular complexity index is 994. The highest BCUT2D eigenvalue weighted by molar-refractivity contribution is 8.13. The lowest BCUT2D eigenvalue weighted by Gasteiger charge is -2.19. The third kappa shape index (κ3) is 16.0. The zero-order valence-corrected chi connectivity index (χ0v) is 26.7. The standard InChI is InChI=1S/C15H22N2O3.C12H20N2O5S3/c1-10(2)8-12(16)14(18)17-13(15(19)20)9-11-6-4-3-5-7-11;1-20-5-3-9(13-7-15)11(17)22(19)12(18)10(14-8-16)4-6-21-2/h3-7,10,12-13H,8-9,16H2,1-2H3,(H,17,18)(H,19,20);7-10H,3-6H2,1-2H3,(H,13,15)(H,14,16)/t12-,13-;9-,10-/m00/s1. The monoisotopic (exact) mass is 646 g/mol. The molecule has 1 rings (SSSR count). The highest BCUT2D eigenvalue weighted by Gasteiger charge is 2.32. The Hall–Kier alpha value is -2.75. The van der Waals surface area contributed by atoms with Crippen molar-refractivity contribution in [2.75, 3.05) is 24.0 Å². The molecule has 0 aliphatic carbocycles. The summed E-state index contributed by atoms with van der Waals surface area (Å²) in [5.41, 5.74) is 6.61. The molecule has 236 valence electrons. The number of rotatable bonds is 19. The minimum absolute atomic E-state index is 0.246. The van der Waals surface area contributed by atoms with Gasteiger partial charge in [0, 0.05) is 6.42 Å². The predicted octanol–water partition coefficient (Wildman–Crippen LogP) is 0.696. The molecule has 0 saturated heterocycles. The van der Waals surface area contributed by atoms with Crippen LogP contribution in [0.4, 0.5) is 0 Å². The van der Waals surface area contributed by atoms with Gasteiger partial charge >= 0.3 is 5.97 Å². The summed E-state index contributed by atoms with van der Waals surface area (Å²) in [6.45, 7) is 3.93. The average Bonchev–Trinajstić information content (AvgIpc) is 2.96. The Morgan fingerprint density at radius 3 is 1.76 bits per heavy atom. The van der Waals surface area contributed by atoms with Crippen LogP contribution in [0.1, 0.15) is 38.7 Å². The lowest BCUT2D eigenvalue weighted by Crippen LogP contribution is -2.49. The highest BCUT2D eigenvalue weighted by atomic mass is 32.2. The quantitative estimate of drug-likeness (QED) is 0.132.